The van der Waals surface area contributed by atoms with Gasteiger partial charge in [-0.2, -0.15) is 0 Å². The minimum atomic E-state index is -1.31. The summed E-state index contributed by atoms with van der Waals surface area (Å²) in [5, 5.41) is 11.5. The summed E-state index contributed by atoms with van der Waals surface area (Å²) in [4.78, 5) is 38.3. The van der Waals surface area contributed by atoms with E-state index in [-0.39, 0.29) is 13.0 Å². The molecule has 7 nitrogen and oxygen atoms in total. The van der Waals surface area contributed by atoms with Crippen LogP contribution in [0.2, 0.25) is 0 Å². The predicted molar refractivity (Wildman–Crippen MR) is 114 cm³/mol. The van der Waals surface area contributed by atoms with Crippen molar-refractivity contribution in [3.8, 4) is 0 Å². The number of nitrogens with zero attached hydrogens (tertiary/aromatic N) is 1. The van der Waals surface area contributed by atoms with E-state index in [1.54, 1.807) is 6.07 Å². The van der Waals surface area contributed by atoms with E-state index < -0.39 is 36.0 Å². The van der Waals surface area contributed by atoms with Gasteiger partial charge in [-0.15, -0.1) is 0 Å². The lowest BCUT2D eigenvalue weighted by atomic mass is 9.87. The number of rotatable bonds is 6. The van der Waals surface area contributed by atoms with Crippen LogP contribution in [0, 0.1) is 0 Å². The highest BCUT2D eigenvalue weighted by Gasteiger charge is 2.40. The Labute approximate surface area is 179 Å². The van der Waals surface area contributed by atoms with Crippen molar-refractivity contribution >= 4 is 28.7 Å². The highest BCUT2D eigenvalue weighted by molar-refractivity contribution is 5.94. The minimum absolute atomic E-state index is 0.0558. The number of cyclic esters (lactones) is 1. The molecule has 1 aliphatic rings. The largest absolute Gasteiger partial charge is 0.480 e. The van der Waals surface area contributed by atoms with Crippen molar-refractivity contribution in [3.63, 3.8) is 0 Å². The molecule has 0 spiro atoms. The Balaban J connectivity index is 1.65. The molecular weight excluding hydrogens is 396 g/mol. The van der Waals surface area contributed by atoms with E-state index in [0.29, 0.717) is 5.56 Å². The van der Waals surface area contributed by atoms with Crippen LogP contribution in [0.4, 0.5) is 4.79 Å². The van der Waals surface area contributed by atoms with E-state index >= 15 is 0 Å². The second-order valence-electron chi connectivity index (χ2n) is 7.55. The van der Waals surface area contributed by atoms with Crippen molar-refractivity contribution in [2.45, 2.75) is 24.4 Å². The first kappa shape index (κ1) is 20.6. The van der Waals surface area contributed by atoms with Crippen LogP contribution in [-0.4, -0.2) is 40.6 Å². The molecule has 31 heavy (non-hydrogen) atoms. The van der Waals surface area contributed by atoms with Crippen LogP contribution in [0.15, 0.2) is 72.8 Å². The first-order valence-corrected chi connectivity index (χ1v) is 9.96. The molecule has 3 N–H and O–H groups in total. The van der Waals surface area contributed by atoms with Gasteiger partial charge < -0.3 is 15.6 Å². The van der Waals surface area contributed by atoms with Gasteiger partial charge in [-0.3, -0.25) is 9.59 Å². The van der Waals surface area contributed by atoms with Crippen LogP contribution < -0.4 is 5.73 Å². The number of carboxylic acids is 1. The molecule has 0 aromatic heterocycles. The Morgan fingerprint density at radius 2 is 1.71 bits per heavy atom. The summed E-state index contributed by atoms with van der Waals surface area (Å²) in [6.45, 7) is 0.0558. The second-order valence-corrected chi connectivity index (χ2v) is 7.55. The van der Waals surface area contributed by atoms with Crippen molar-refractivity contribution in [3.05, 3.63) is 83.9 Å². The number of carbonyl (C=O) groups is 3. The molecule has 0 radical (unpaired) electrons. The van der Waals surface area contributed by atoms with Gasteiger partial charge in [0, 0.05) is 12.3 Å². The number of imide groups is 1. The molecule has 1 heterocycles. The van der Waals surface area contributed by atoms with Crippen molar-refractivity contribution in [2.24, 2.45) is 5.73 Å². The quantitative estimate of drug-likeness (QED) is 0.635. The van der Waals surface area contributed by atoms with Crippen LogP contribution in [-0.2, 0) is 14.3 Å². The van der Waals surface area contributed by atoms with Gasteiger partial charge in [0.25, 0.3) is 0 Å². The van der Waals surface area contributed by atoms with Crippen LogP contribution in [0.25, 0.3) is 10.8 Å². The first-order chi connectivity index (χ1) is 15.0. The molecule has 0 bridgehead atoms. The van der Waals surface area contributed by atoms with Crippen molar-refractivity contribution in [2.75, 3.05) is 6.61 Å². The lowest BCUT2D eigenvalue weighted by Crippen LogP contribution is -2.41. The molecular formula is C24H22N2O5. The van der Waals surface area contributed by atoms with Gasteiger partial charge in [-0.05, 0) is 21.9 Å². The molecule has 7 heteroatoms. The SMILES string of the molecule is N[C@@H](C(=O)O)[C@@H](CC(=O)N1C(=O)OC[C@H]1c1ccccc1)c1ccc2ccccc2c1. The monoisotopic (exact) mass is 418 g/mol. The molecule has 0 unspecified atom stereocenters. The third kappa shape index (κ3) is 4.13. The van der Waals surface area contributed by atoms with E-state index in [1.807, 2.05) is 66.7 Å². The van der Waals surface area contributed by atoms with Crippen molar-refractivity contribution in [1.82, 2.24) is 4.90 Å². The highest BCUT2D eigenvalue weighted by Crippen LogP contribution is 2.32. The standard InChI is InChI=1S/C24H22N2O5/c25-22(23(28)29)19(18-11-10-15-6-4-5-9-17(15)12-18)13-21(27)26-20(14-31-24(26)30)16-7-2-1-3-8-16/h1-12,19-20,22H,13-14,25H2,(H,28,29)/t19-,20-,22+/m0/s1. The van der Waals surface area contributed by atoms with Crippen LogP contribution in [0.3, 0.4) is 0 Å². The molecule has 158 valence electrons. The number of benzene rings is 3. The van der Waals surface area contributed by atoms with Gasteiger partial charge in [0.15, 0.2) is 0 Å². The summed E-state index contributed by atoms with van der Waals surface area (Å²) in [6.07, 6.45) is -0.968. The summed E-state index contributed by atoms with van der Waals surface area (Å²) >= 11 is 0. The van der Waals surface area contributed by atoms with Crippen molar-refractivity contribution < 1.29 is 24.2 Å². The summed E-state index contributed by atoms with van der Waals surface area (Å²) in [5.41, 5.74) is 7.38. The number of ether oxygens (including phenoxy) is 1. The molecule has 4 rings (SSSR count). The number of carboxylic acid groups (broad SMARTS) is 1. The molecule has 0 aliphatic carbocycles. The zero-order valence-electron chi connectivity index (χ0n) is 16.7. The third-order valence-electron chi connectivity index (χ3n) is 5.64. The number of amides is 2. The molecule has 1 aliphatic heterocycles. The Hall–Kier alpha value is -3.71. The van der Waals surface area contributed by atoms with Crippen LogP contribution in [0.1, 0.15) is 29.5 Å². The van der Waals surface area contributed by atoms with Crippen molar-refractivity contribution in [1.29, 1.82) is 0 Å². The maximum atomic E-state index is 13.2. The van der Waals surface area contributed by atoms with Gasteiger partial charge in [-0.25, -0.2) is 9.69 Å². The molecule has 1 fully saturated rings. The van der Waals surface area contributed by atoms with Crippen LogP contribution in [0.5, 0.6) is 0 Å². The molecule has 0 saturated carbocycles. The van der Waals surface area contributed by atoms with Gasteiger partial charge >= 0.3 is 12.1 Å². The number of hydrogen-bond donors (Lipinski definition) is 2. The number of fused-ring (bicyclic) bond motifs is 1. The summed E-state index contributed by atoms with van der Waals surface area (Å²) in [6, 6.07) is 20.4. The lowest BCUT2D eigenvalue weighted by molar-refractivity contribution is -0.139. The zero-order valence-corrected chi connectivity index (χ0v) is 16.7. The van der Waals surface area contributed by atoms with Crippen LogP contribution >= 0.6 is 0 Å². The Bertz CT molecular complexity index is 1130. The average molecular weight is 418 g/mol. The highest BCUT2D eigenvalue weighted by atomic mass is 16.6. The molecule has 3 atom stereocenters. The topological polar surface area (TPSA) is 110 Å². The molecule has 3 aromatic carbocycles. The number of hydrogen-bond acceptors (Lipinski definition) is 5. The summed E-state index contributed by atoms with van der Waals surface area (Å²) < 4.78 is 5.13. The maximum absolute atomic E-state index is 13.2. The van der Waals surface area contributed by atoms with E-state index in [0.717, 1.165) is 21.2 Å². The lowest BCUT2D eigenvalue weighted by Gasteiger charge is -2.25. The maximum Gasteiger partial charge on any atom is 0.417 e. The Kier molecular flexibility index (Phi) is 5.68. The second kappa shape index (κ2) is 8.57. The summed E-state index contributed by atoms with van der Waals surface area (Å²) in [5.74, 6) is -2.54. The van der Waals surface area contributed by atoms with Gasteiger partial charge in [0.2, 0.25) is 5.91 Å². The van der Waals surface area contributed by atoms with Gasteiger partial charge in [0.05, 0.1) is 0 Å². The minimum Gasteiger partial charge on any atom is -0.480 e. The first-order valence-electron chi connectivity index (χ1n) is 9.96. The smallest absolute Gasteiger partial charge is 0.417 e. The molecule has 1 saturated heterocycles. The summed E-state index contributed by atoms with van der Waals surface area (Å²) in [7, 11) is 0. The van der Waals surface area contributed by atoms with E-state index in [2.05, 4.69) is 0 Å². The Morgan fingerprint density at radius 3 is 2.42 bits per heavy atom. The normalized spacial score (nSPS) is 17.9. The fraction of sp³-hybridized carbons (Fsp3) is 0.208. The number of carbonyl (C=O) groups excluding carboxylic acids is 2. The van der Waals surface area contributed by atoms with Gasteiger partial charge in [-0.1, -0.05) is 72.8 Å². The fourth-order valence-electron chi connectivity index (χ4n) is 3.97. The van der Waals surface area contributed by atoms with E-state index in [1.165, 1.54) is 0 Å². The third-order valence-corrected chi connectivity index (χ3v) is 5.64. The van der Waals surface area contributed by atoms with E-state index in [9.17, 15) is 19.5 Å². The molecule has 2 amide bonds. The zero-order chi connectivity index (χ0) is 22.0. The number of aliphatic carboxylic acids is 1. The van der Waals surface area contributed by atoms with E-state index in [4.69, 9.17) is 10.5 Å². The predicted octanol–water partition coefficient (Wildman–Crippen LogP) is 3.45. The molecule has 3 aromatic rings. The fourth-order valence-corrected chi connectivity index (χ4v) is 3.97. The Morgan fingerprint density at radius 1 is 1.03 bits per heavy atom. The average Bonchev–Trinajstić information content (AvgIpc) is 3.18. The number of nitrogens with two attached hydrogens (primary N) is 1. The van der Waals surface area contributed by atoms with Gasteiger partial charge in [0.1, 0.15) is 18.7 Å².